The van der Waals surface area contributed by atoms with E-state index < -0.39 is 23.2 Å². The zero-order valence-electron chi connectivity index (χ0n) is 15.0. The van der Waals surface area contributed by atoms with E-state index >= 15 is 0 Å². The summed E-state index contributed by atoms with van der Waals surface area (Å²) in [6.45, 7) is 1.70. The second kappa shape index (κ2) is 8.72. The van der Waals surface area contributed by atoms with Crippen molar-refractivity contribution in [3.05, 3.63) is 64.4 Å². The highest BCUT2D eigenvalue weighted by Gasteiger charge is 2.14. The average Bonchev–Trinajstić information content (AvgIpc) is 2.70. The third kappa shape index (κ3) is 4.68. The van der Waals surface area contributed by atoms with E-state index in [4.69, 9.17) is 20.9 Å². The van der Waals surface area contributed by atoms with E-state index in [0.717, 1.165) is 12.1 Å². The van der Waals surface area contributed by atoms with Gasteiger partial charge in [0.15, 0.2) is 5.57 Å². The number of phenols is 1. The van der Waals surface area contributed by atoms with E-state index in [0.29, 0.717) is 11.3 Å². The van der Waals surface area contributed by atoms with Gasteiger partial charge in [-0.3, -0.25) is 4.79 Å². The Kier molecular flexibility index (Phi) is 6.16. The first-order valence-corrected chi connectivity index (χ1v) is 8.00. The van der Waals surface area contributed by atoms with Gasteiger partial charge in [0.1, 0.15) is 35.2 Å². The summed E-state index contributed by atoms with van der Waals surface area (Å²) >= 11 is 0. The lowest BCUT2D eigenvalue weighted by molar-refractivity contribution is 0.0693. The van der Waals surface area contributed by atoms with Crippen molar-refractivity contribution in [3.63, 3.8) is 0 Å². The third-order valence-corrected chi connectivity index (χ3v) is 3.83. The van der Waals surface area contributed by atoms with Crippen LogP contribution in [0.15, 0.2) is 47.7 Å². The molecule has 0 aliphatic rings. The van der Waals surface area contributed by atoms with E-state index in [9.17, 15) is 14.7 Å². The number of aryl methyl sites for hydroxylation is 1. The Morgan fingerprint density at radius 1 is 0.966 bits per heavy atom. The van der Waals surface area contributed by atoms with Crippen LogP contribution < -0.4 is 10.6 Å². The highest BCUT2D eigenvalue weighted by molar-refractivity contribution is 6.05. The summed E-state index contributed by atoms with van der Waals surface area (Å²) in [5.41, 5.74) is 0.326. The standard InChI is InChI=1S/C20H13N5O4/c1-11-2-3-12(6-16(11)25-17(10-23)13(8-21)9-22)19(27)24-14-4-5-18(26)15(7-14)20(28)29/h2-7,25-26H,1H3,(H,24,27)(H,28,29). The first-order chi connectivity index (χ1) is 13.8. The molecule has 9 heteroatoms. The summed E-state index contributed by atoms with van der Waals surface area (Å²) < 4.78 is 0. The predicted molar refractivity (Wildman–Crippen MR) is 102 cm³/mol. The first-order valence-electron chi connectivity index (χ1n) is 8.00. The van der Waals surface area contributed by atoms with Crippen molar-refractivity contribution in [1.82, 2.24) is 0 Å². The molecule has 1 amide bonds. The van der Waals surface area contributed by atoms with Gasteiger partial charge in [0.2, 0.25) is 0 Å². The van der Waals surface area contributed by atoms with Gasteiger partial charge in [0.05, 0.1) is 0 Å². The van der Waals surface area contributed by atoms with Crippen molar-refractivity contribution < 1.29 is 19.8 Å². The number of nitriles is 3. The fraction of sp³-hybridized carbons (Fsp3) is 0.0500. The van der Waals surface area contributed by atoms with Crippen LogP contribution in [0, 0.1) is 40.9 Å². The SMILES string of the molecule is Cc1ccc(C(=O)Nc2ccc(O)c(C(=O)O)c2)cc1NC(C#N)=C(C#N)C#N. The molecule has 0 fully saturated rings. The van der Waals surface area contributed by atoms with Crippen molar-refractivity contribution in [2.45, 2.75) is 6.92 Å². The Bertz CT molecular complexity index is 1150. The van der Waals surface area contributed by atoms with E-state index in [2.05, 4.69) is 10.6 Å². The lowest BCUT2D eigenvalue weighted by Crippen LogP contribution is -2.13. The lowest BCUT2D eigenvalue weighted by atomic mass is 10.1. The summed E-state index contributed by atoms with van der Waals surface area (Å²) in [4.78, 5) is 23.6. The molecule has 0 aromatic heterocycles. The van der Waals surface area contributed by atoms with E-state index in [1.165, 1.54) is 18.2 Å². The van der Waals surface area contributed by atoms with Gasteiger partial charge in [0, 0.05) is 16.9 Å². The van der Waals surface area contributed by atoms with Crippen molar-refractivity contribution in [2.24, 2.45) is 0 Å². The van der Waals surface area contributed by atoms with Crippen LogP contribution in [0.5, 0.6) is 5.75 Å². The number of allylic oxidation sites excluding steroid dienone is 2. The van der Waals surface area contributed by atoms with Gasteiger partial charge in [0.25, 0.3) is 5.91 Å². The van der Waals surface area contributed by atoms with E-state index in [1.54, 1.807) is 31.2 Å². The van der Waals surface area contributed by atoms with Crippen LogP contribution in [0.25, 0.3) is 0 Å². The number of nitrogens with one attached hydrogen (secondary N) is 2. The Balaban J connectivity index is 2.33. The van der Waals surface area contributed by atoms with E-state index in [1.807, 2.05) is 0 Å². The molecule has 0 aliphatic heterocycles. The first kappa shape index (κ1) is 20.5. The van der Waals surface area contributed by atoms with Crippen LogP contribution in [-0.2, 0) is 0 Å². The number of anilines is 2. The van der Waals surface area contributed by atoms with Crippen molar-refractivity contribution in [2.75, 3.05) is 10.6 Å². The average molecular weight is 387 g/mol. The zero-order valence-corrected chi connectivity index (χ0v) is 15.0. The van der Waals surface area contributed by atoms with Crippen LogP contribution >= 0.6 is 0 Å². The monoisotopic (exact) mass is 387 g/mol. The number of amides is 1. The minimum absolute atomic E-state index is 0.161. The van der Waals surface area contributed by atoms with Gasteiger partial charge in [-0.05, 0) is 42.8 Å². The van der Waals surface area contributed by atoms with Crippen LogP contribution in [-0.4, -0.2) is 22.1 Å². The highest BCUT2D eigenvalue weighted by atomic mass is 16.4. The van der Waals surface area contributed by atoms with Crippen LogP contribution in [0.2, 0.25) is 0 Å². The van der Waals surface area contributed by atoms with Gasteiger partial charge in [-0.15, -0.1) is 0 Å². The Morgan fingerprint density at radius 3 is 2.24 bits per heavy atom. The lowest BCUT2D eigenvalue weighted by Gasteiger charge is -2.12. The number of hydrogen-bond acceptors (Lipinski definition) is 7. The molecular formula is C20H13N5O4. The number of carboxylic acid groups (broad SMARTS) is 1. The normalized spacial score (nSPS) is 9.31. The maximum absolute atomic E-state index is 12.5. The minimum Gasteiger partial charge on any atom is -0.507 e. The van der Waals surface area contributed by atoms with Crippen molar-refractivity contribution in [3.8, 4) is 24.0 Å². The molecule has 2 aromatic rings. The number of hydrogen-bond donors (Lipinski definition) is 4. The number of aromatic hydroxyl groups is 1. The molecule has 142 valence electrons. The van der Waals surface area contributed by atoms with E-state index in [-0.39, 0.29) is 22.5 Å². The maximum atomic E-state index is 12.5. The van der Waals surface area contributed by atoms with Crippen molar-refractivity contribution >= 4 is 23.3 Å². The van der Waals surface area contributed by atoms with Gasteiger partial charge >= 0.3 is 5.97 Å². The number of carbonyl (C=O) groups excluding carboxylic acids is 1. The van der Waals surface area contributed by atoms with Crippen LogP contribution in [0.1, 0.15) is 26.3 Å². The fourth-order valence-electron chi connectivity index (χ4n) is 2.30. The van der Waals surface area contributed by atoms with Crippen molar-refractivity contribution in [1.29, 1.82) is 15.8 Å². The molecule has 0 aliphatic carbocycles. The predicted octanol–water partition coefficient (Wildman–Crippen LogP) is 2.89. The summed E-state index contributed by atoms with van der Waals surface area (Å²) in [6, 6.07) is 13.1. The molecule has 4 N–H and O–H groups in total. The molecule has 0 radical (unpaired) electrons. The highest BCUT2D eigenvalue weighted by Crippen LogP contribution is 2.23. The summed E-state index contributed by atoms with van der Waals surface area (Å²) in [5.74, 6) is -2.35. The molecule has 0 unspecified atom stereocenters. The molecule has 2 rings (SSSR count). The number of nitrogens with zero attached hydrogens (tertiary/aromatic N) is 3. The Morgan fingerprint density at radius 2 is 1.66 bits per heavy atom. The largest absolute Gasteiger partial charge is 0.507 e. The number of carboxylic acids is 1. The smallest absolute Gasteiger partial charge is 0.339 e. The molecule has 0 bridgehead atoms. The Labute approximate surface area is 165 Å². The molecule has 9 nitrogen and oxygen atoms in total. The maximum Gasteiger partial charge on any atom is 0.339 e. The number of rotatable bonds is 5. The molecule has 2 aromatic carbocycles. The second-order valence-electron chi connectivity index (χ2n) is 5.73. The second-order valence-corrected chi connectivity index (χ2v) is 5.73. The van der Waals surface area contributed by atoms with Gasteiger partial charge in [-0.25, -0.2) is 4.79 Å². The number of benzene rings is 2. The quantitative estimate of drug-likeness (QED) is 0.448. The fourth-order valence-corrected chi connectivity index (χ4v) is 2.30. The molecule has 29 heavy (non-hydrogen) atoms. The number of aromatic carboxylic acids is 1. The van der Waals surface area contributed by atoms with Crippen LogP contribution in [0.4, 0.5) is 11.4 Å². The van der Waals surface area contributed by atoms with Gasteiger partial charge in [-0.2, -0.15) is 15.8 Å². The van der Waals surface area contributed by atoms with Gasteiger partial charge in [-0.1, -0.05) is 6.07 Å². The molecule has 0 spiro atoms. The topological polar surface area (TPSA) is 170 Å². The minimum atomic E-state index is -1.35. The molecular weight excluding hydrogens is 374 g/mol. The molecule has 0 saturated heterocycles. The molecule has 0 atom stereocenters. The summed E-state index contributed by atoms with van der Waals surface area (Å²) in [7, 11) is 0. The zero-order chi connectivity index (χ0) is 21.6. The number of carbonyl (C=O) groups is 2. The Hall–Kier alpha value is -4.81. The molecule has 0 saturated carbocycles. The van der Waals surface area contributed by atoms with Gasteiger partial charge < -0.3 is 20.8 Å². The summed E-state index contributed by atoms with van der Waals surface area (Å²) in [6.07, 6.45) is 0. The van der Waals surface area contributed by atoms with Crippen LogP contribution in [0.3, 0.4) is 0 Å². The molecule has 0 heterocycles. The summed E-state index contributed by atoms with van der Waals surface area (Å²) in [5, 5.41) is 50.8. The third-order valence-electron chi connectivity index (χ3n) is 3.83.